The maximum absolute atomic E-state index is 11.5. The predicted molar refractivity (Wildman–Crippen MR) is 76.3 cm³/mol. The zero-order valence-electron chi connectivity index (χ0n) is 10.9. The van der Waals surface area contributed by atoms with Gasteiger partial charge < -0.3 is 14.8 Å². The van der Waals surface area contributed by atoms with Gasteiger partial charge in [-0.1, -0.05) is 15.9 Å². The van der Waals surface area contributed by atoms with Crippen molar-refractivity contribution in [3.8, 4) is 5.75 Å². The Kier molecular flexibility index (Phi) is 4.59. The molecule has 2 rings (SSSR count). The van der Waals surface area contributed by atoms with Gasteiger partial charge in [0.1, 0.15) is 11.4 Å². The van der Waals surface area contributed by atoms with Gasteiger partial charge in [-0.15, -0.1) is 0 Å². The zero-order valence-corrected chi connectivity index (χ0v) is 12.5. The van der Waals surface area contributed by atoms with Crippen LogP contribution in [0.2, 0.25) is 0 Å². The van der Waals surface area contributed by atoms with Crippen LogP contribution in [0.4, 0.5) is 4.79 Å². The zero-order chi connectivity index (χ0) is 15.4. The molecule has 3 amide bonds. The molecule has 110 valence electrons. The van der Waals surface area contributed by atoms with Gasteiger partial charge in [0.25, 0.3) is 5.91 Å². The minimum atomic E-state index is -0.585. The summed E-state index contributed by atoms with van der Waals surface area (Å²) in [6.07, 6.45) is 1.46. The van der Waals surface area contributed by atoms with Crippen molar-refractivity contribution in [2.24, 2.45) is 0 Å². The maximum Gasteiger partial charge on any atom is 0.343 e. The number of carbonyl (C=O) groups is 3. The number of ether oxygens (including phenoxy) is 2. The molecule has 1 aromatic rings. The molecule has 0 saturated carbocycles. The maximum atomic E-state index is 11.5. The van der Waals surface area contributed by atoms with Crippen molar-refractivity contribution in [2.75, 3.05) is 13.7 Å². The first-order valence-electron chi connectivity index (χ1n) is 5.83. The number of imide groups is 1. The quantitative estimate of drug-likeness (QED) is 0.481. The van der Waals surface area contributed by atoms with Crippen molar-refractivity contribution >= 4 is 39.9 Å². The van der Waals surface area contributed by atoms with Gasteiger partial charge in [0.05, 0.1) is 7.11 Å². The first-order valence-corrected chi connectivity index (χ1v) is 6.62. The normalized spacial score (nSPS) is 15.6. The van der Waals surface area contributed by atoms with E-state index < -0.39 is 17.9 Å². The summed E-state index contributed by atoms with van der Waals surface area (Å²) in [6, 6.07) is 4.46. The van der Waals surface area contributed by atoms with Crippen LogP contribution in [0, 0.1) is 0 Å². The van der Waals surface area contributed by atoms with Crippen LogP contribution in [0.3, 0.4) is 0 Å². The molecule has 0 bridgehead atoms. The van der Waals surface area contributed by atoms with E-state index in [1.54, 1.807) is 18.2 Å². The molecule has 0 unspecified atom stereocenters. The van der Waals surface area contributed by atoms with Gasteiger partial charge in [0.2, 0.25) is 0 Å². The van der Waals surface area contributed by atoms with E-state index in [1.807, 2.05) is 0 Å². The topological polar surface area (TPSA) is 93.7 Å². The minimum absolute atomic E-state index is 0.0982. The summed E-state index contributed by atoms with van der Waals surface area (Å²) in [5, 5.41) is 4.47. The minimum Gasteiger partial charge on any atom is -0.481 e. The van der Waals surface area contributed by atoms with Gasteiger partial charge >= 0.3 is 12.0 Å². The highest BCUT2D eigenvalue weighted by Crippen LogP contribution is 2.25. The van der Waals surface area contributed by atoms with E-state index in [2.05, 4.69) is 31.3 Å². The molecule has 1 aromatic carbocycles. The van der Waals surface area contributed by atoms with Crippen LogP contribution >= 0.6 is 15.9 Å². The lowest BCUT2D eigenvalue weighted by molar-refractivity contribution is -0.142. The van der Waals surface area contributed by atoms with E-state index in [0.29, 0.717) is 11.3 Å². The summed E-state index contributed by atoms with van der Waals surface area (Å²) in [7, 11) is 1.26. The van der Waals surface area contributed by atoms with Gasteiger partial charge in [-0.2, -0.15) is 0 Å². The lowest BCUT2D eigenvalue weighted by Crippen LogP contribution is -2.22. The fourth-order valence-electron chi connectivity index (χ4n) is 1.60. The van der Waals surface area contributed by atoms with Crippen molar-refractivity contribution in [1.82, 2.24) is 10.6 Å². The number of hydrogen-bond acceptors (Lipinski definition) is 5. The average Bonchev–Trinajstić information content (AvgIpc) is 2.75. The molecule has 1 aliphatic heterocycles. The van der Waals surface area contributed by atoms with Crippen LogP contribution in [-0.4, -0.2) is 31.6 Å². The van der Waals surface area contributed by atoms with Crippen LogP contribution in [-0.2, 0) is 14.3 Å². The third kappa shape index (κ3) is 3.82. The van der Waals surface area contributed by atoms with Crippen LogP contribution < -0.4 is 15.4 Å². The summed E-state index contributed by atoms with van der Waals surface area (Å²) >= 11 is 3.30. The number of rotatable bonds is 4. The summed E-state index contributed by atoms with van der Waals surface area (Å²) in [4.78, 5) is 33.7. The molecule has 1 fully saturated rings. The Hall–Kier alpha value is -2.35. The van der Waals surface area contributed by atoms with Gasteiger partial charge in [0.15, 0.2) is 6.61 Å². The van der Waals surface area contributed by atoms with Gasteiger partial charge in [0, 0.05) is 10.0 Å². The number of methoxy groups -OCH3 is 1. The molecule has 0 atom stereocenters. The molecule has 0 spiro atoms. The third-order valence-electron chi connectivity index (χ3n) is 2.56. The molecule has 0 aliphatic carbocycles. The van der Waals surface area contributed by atoms with Crippen molar-refractivity contribution in [3.05, 3.63) is 33.9 Å². The molecular formula is C13H11BrN2O5. The van der Waals surface area contributed by atoms with E-state index in [4.69, 9.17) is 4.74 Å². The number of amides is 3. The third-order valence-corrected chi connectivity index (χ3v) is 3.06. The van der Waals surface area contributed by atoms with Crippen LogP contribution in [0.1, 0.15) is 5.56 Å². The summed E-state index contributed by atoms with van der Waals surface area (Å²) < 4.78 is 10.6. The Morgan fingerprint density at radius 1 is 1.33 bits per heavy atom. The highest BCUT2D eigenvalue weighted by atomic mass is 79.9. The first-order chi connectivity index (χ1) is 9.99. The van der Waals surface area contributed by atoms with Crippen LogP contribution in [0.5, 0.6) is 5.75 Å². The second-order valence-electron chi connectivity index (χ2n) is 4.01. The Labute approximate surface area is 128 Å². The Morgan fingerprint density at radius 3 is 2.71 bits per heavy atom. The molecular weight excluding hydrogens is 344 g/mol. The van der Waals surface area contributed by atoms with Crippen molar-refractivity contribution < 1.29 is 23.9 Å². The largest absolute Gasteiger partial charge is 0.481 e. The highest BCUT2D eigenvalue weighted by molar-refractivity contribution is 9.10. The van der Waals surface area contributed by atoms with E-state index >= 15 is 0 Å². The molecule has 7 nitrogen and oxygen atoms in total. The Bertz CT molecular complexity index is 641. The van der Waals surface area contributed by atoms with Gasteiger partial charge in [-0.25, -0.2) is 9.59 Å². The smallest absolute Gasteiger partial charge is 0.343 e. The molecule has 0 aromatic heterocycles. The summed E-state index contributed by atoms with van der Waals surface area (Å²) in [5.74, 6) is -0.674. The standard InChI is InChI=1S/C13H11BrN2O5/c1-20-11(17)6-21-10-3-2-8(14)4-7(10)5-9-12(18)16-13(19)15-9/h2-5H,6H2,1H3,(H2,15,16,18,19). The van der Waals surface area contributed by atoms with Crippen molar-refractivity contribution in [3.63, 3.8) is 0 Å². The predicted octanol–water partition coefficient (Wildman–Crippen LogP) is 1.18. The van der Waals surface area contributed by atoms with Gasteiger partial charge in [-0.05, 0) is 24.3 Å². The fraction of sp³-hybridized carbons (Fsp3) is 0.154. The number of nitrogens with one attached hydrogen (secondary N) is 2. The van der Waals surface area contributed by atoms with E-state index in [0.717, 1.165) is 4.47 Å². The summed E-state index contributed by atoms with van der Waals surface area (Å²) in [5.41, 5.74) is 0.627. The lowest BCUT2D eigenvalue weighted by atomic mass is 10.1. The van der Waals surface area contributed by atoms with E-state index in [-0.39, 0.29) is 12.3 Å². The highest BCUT2D eigenvalue weighted by Gasteiger charge is 2.23. The molecule has 21 heavy (non-hydrogen) atoms. The average molecular weight is 355 g/mol. The molecule has 2 N–H and O–H groups in total. The van der Waals surface area contributed by atoms with Crippen molar-refractivity contribution in [2.45, 2.75) is 0 Å². The second-order valence-corrected chi connectivity index (χ2v) is 4.93. The Balaban J connectivity index is 2.27. The van der Waals surface area contributed by atoms with E-state index in [1.165, 1.54) is 13.2 Å². The second kappa shape index (κ2) is 6.40. The molecule has 0 radical (unpaired) electrons. The summed E-state index contributed by atoms with van der Waals surface area (Å²) in [6.45, 7) is -0.257. The fourth-order valence-corrected chi connectivity index (χ4v) is 1.98. The van der Waals surface area contributed by atoms with E-state index in [9.17, 15) is 14.4 Å². The number of urea groups is 1. The number of benzene rings is 1. The van der Waals surface area contributed by atoms with Gasteiger partial charge in [-0.3, -0.25) is 10.1 Å². The monoisotopic (exact) mass is 354 g/mol. The molecule has 1 aliphatic rings. The number of hydrogen-bond donors (Lipinski definition) is 2. The SMILES string of the molecule is COC(=O)COc1ccc(Br)cc1C=C1NC(=O)NC1=O. The molecule has 1 heterocycles. The lowest BCUT2D eigenvalue weighted by Gasteiger charge is -2.09. The number of esters is 1. The van der Waals surface area contributed by atoms with Crippen molar-refractivity contribution in [1.29, 1.82) is 0 Å². The number of carbonyl (C=O) groups excluding carboxylic acids is 3. The Morgan fingerprint density at radius 2 is 2.10 bits per heavy atom. The van der Waals surface area contributed by atoms with Crippen LogP contribution in [0.15, 0.2) is 28.4 Å². The molecule has 1 saturated heterocycles. The number of halogens is 1. The first kappa shape index (κ1) is 15.0. The molecule has 8 heteroatoms. The van der Waals surface area contributed by atoms with Crippen LogP contribution in [0.25, 0.3) is 6.08 Å².